The summed E-state index contributed by atoms with van der Waals surface area (Å²) in [4.78, 5) is 25.3. The van der Waals surface area contributed by atoms with Crippen LogP contribution in [0.1, 0.15) is 40.7 Å². The van der Waals surface area contributed by atoms with Crippen molar-refractivity contribution >= 4 is 23.4 Å². The second-order valence-electron chi connectivity index (χ2n) is 7.85. The molecule has 2 aromatic carbocycles. The molecule has 1 fully saturated rings. The van der Waals surface area contributed by atoms with Crippen molar-refractivity contribution in [2.75, 3.05) is 0 Å². The molecule has 4 rings (SSSR count). The first-order chi connectivity index (χ1) is 14.4. The fourth-order valence-electron chi connectivity index (χ4n) is 3.88. The van der Waals surface area contributed by atoms with Gasteiger partial charge in [-0.1, -0.05) is 29.8 Å². The Morgan fingerprint density at radius 2 is 1.97 bits per heavy atom. The molecule has 0 bridgehead atoms. The SMILES string of the molecule is Cc1ccc(C)c(OC2=COC3CC(OC(=O)c4cccc(Cl)c4)CCC3C2=O)c1. The maximum atomic E-state index is 13.0. The van der Waals surface area contributed by atoms with Crippen molar-refractivity contribution < 1.29 is 23.8 Å². The number of hydrogen-bond acceptors (Lipinski definition) is 5. The summed E-state index contributed by atoms with van der Waals surface area (Å²) in [7, 11) is 0. The zero-order valence-corrected chi connectivity index (χ0v) is 17.6. The molecule has 0 spiro atoms. The molecule has 0 amide bonds. The monoisotopic (exact) mass is 426 g/mol. The zero-order valence-electron chi connectivity index (χ0n) is 16.9. The van der Waals surface area contributed by atoms with Gasteiger partial charge in [0.2, 0.25) is 11.5 Å². The van der Waals surface area contributed by atoms with Crippen molar-refractivity contribution in [2.45, 2.75) is 45.3 Å². The Labute approximate surface area is 180 Å². The lowest BCUT2D eigenvalue weighted by atomic mass is 9.80. The van der Waals surface area contributed by atoms with Gasteiger partial charge in [-0.25, -0.2) is 4.79 Å². The number of benzene rings is 2. The van der Waals surface area contributed by atoms with E-state index in [2.05, 4.69) is 0 Å². The number of aryl methyl sites for hydroxylation is 2. The van der Waals surface area contributed by atoms with Gasteiger partial charge in [0.15, 0.2) is 0 Å². The Kier molecular flexibility index (Phi) is 5.82. The number of carbonyl (C=O) groups is 2. The van der Waals surface area contributed by atoms with Gasteiger partial charge in [-0.3, -0.25) is 4.79 Å². The first-order valence-corrected chi connectivity index (χ1v) is 10.4. The number of carbonyl (C=O) groups excluding carboxylic acids is 2. The highest BCUT2D eigenvalue weighted by molar-refractivity contribution is 6.30. The standard InChI is InChI=1S/C24H23ClO5/c1-14-6-7-15(2)20(10-14)30-22-13-28-21-12-18(8-9-19(21)23(22)26)29-24(27)16-4-3-5-17(25)11-16/h3-7,10-11,13,18-19,21H,8-9,12H2,1-2H3. The number of Topliss-reactive ketones (excluding diaryl/α,β-unsaturated/α-hetero) is 1. The Hall–Kier alpha value is -2.79. The second-order valence-corrected chi connectivity index (χ2v) is 8.29. The number of esters is 1. The van der Waals surface area contributed by atoms with Crippen LogP contribution in [0.2, 0.25) is 5.02 Å². The molecular weight excluding hydrogens is 404 g/mol. The van der Waals surface area contributed by atoms with Crippen LogP contribution in [0.5, 0.6) is 5.75 Å². The van der Waals surface area contributed by atoms with Gasteiger partial charge in [-0.05, 0) is 62.1 Å². The Morgan fingerprint density at radius 3 is 2.77 bits per heavy atom. The molecule has 2 aromatic rings. The molecule has 30 heavy (non-hydrogen) atoms. The molecular formula is C24H23ClO5. The number of halogens is 1. The van der Waals surface area contributed by atoms with Crippen LogP contribution >= 0.6 is 11.6 Å². The van der Waals surface area contributed by atoms with Crippen LogP contribution in [0.3, 0.4) is 0 Å². The van der Waals surface area contributed by atoms with Crippen LogP contribution in [0.4, 0.5) is 0 Å². The van der Waals surface area contributed by atoms with Crippen LogP contribution in [-0.4, -0.2) is 24.0 Å². The summed E-state index contributed by atoms with van der Waals surface area (Å²) >= 11 is 5.95. The minimum absolute atomic E-state index is 0.0632. The van der Waals surface area contributed by atoms with E-state index >= 15 is 0 Å². The maximum Gasteiger partial charge on any atom is 0.338 e. The summed E-state index contributed by atoms with van der Waals surface area (Å²) in [6.45, 7) is 3.91. The van der Waals surface area contributed by atoms with Gasteiger partial charge in [0, 0.05) is 11.4 Å². The first-order valence-electron chi connectivity index (χ1n) is 10.0. The van der Waals surface area contributed by atoms with Gasteiger partial charge in [0.05, 0.1) is 11.5 Å². The molecule has 156 valence electrons. The molecule has 3 unspecified atom stereocenters. The summed E-state index contributed by atoms with van der Waals surface area (Å²) in [6.07, 6.45) is 2.40. The topological polar surface area (TPSA) is 61.8 Å². The lowest BCUT2D eigenvalue weighted by molar-refractivity contribution is -0.132. The van der Waals surface area contributed by atoms with Gasteiger partial charge in [0.25, 0.3) is 0 Å². The van der Waals surface area contributed by atoms with E-state index in [0.29, 0.717) is 35.6 Å². The average Bonchev–Trinajstić information content (AvgIpc) is 2.72. The Morgan fingerprint density at radius 1 is 1.13 bits per heavy atom. The molecule has 3 atom stereocenters. The Bertz CT molecular complexity index is 1010. The fraction of sp³-hybridized carbons (Fsp3) is 0.333. The number of hydrogen-bond donors (Lipinski definition) is 0. The van der Waals surface area contributed by atoms with E-state index in [1.165, 1.54) is 6.26 Å². The van der Waals surface area contributed by atoms with E-state index in [0.717, 1.165) is 11.1 Å². The summed E-state index contributed by atoms with van der Waals surface area (Å²) in [5.74, 6) is 0.0979. The summed E-state index contributed by atoms with van der Waals surface area (Å²) in [5, 5.41) is 0.482. The molecule has 1 aliphatic carbocycles. The van der Waals surface area contributed by atoms with Crippen molar-refractivity contribution in [1.29, 1.82) is 0 Å². The van der Waals surface area contributed by atoms with Crippen molar-refractivity contribution in [1.82, 2.24) is 0 Å². The lowest BCUT2D eigenvalue weighted by Gasteiger charge is -2.36. The van der Waals surface area contributed by atoms with E-state index in [1.807, 2.05) is 32.0 Å². The molecule has 6 heteroatoms. The van der Waals surface area contributed by atoms with E-state index < -0.39 is 5.97 Å². The quantitative estimate of drug-likeness (QED) is 0.631. The summed E-state index contributed by atoms with van der Waals surface area (Å²) in [5.41, 5.74) is 2.42. The maximum absolute atomic E-state index is 13.0. The molecule has 2 aliphatic rings. The van der Waals surface area contributed by atoms with Crippen molar-refractivity contribution in [3.8, 4) is 5.75 Å². The van der Waals surface area contributed by atoms with Crippen LogP contribution in [0.15, 0.2) is 54.5 Å². The van der Waals surface area contributed by atoms with Gasteiger partial charge in [0.1, 0.15) is 24.2 Å². The normalized spacial score (nSPS) is 23.1. The highest BCUT2D eigenvalue weighted by Crippen LogP contribution is 2.36. The van der Waals surface area contributed by atoms with Crippen LogP contribution < -0.4 is 4.74 Å². The van der Waals surface area contributed by atoms with Gasteiger partial charge < -0.3 is 14.2 Å². The Balaban J connectivity index is 1.41. The summed E-state index contributed by atoms with van der Waals surface area (Å²) in [6, 6.07) is 12.5. The van der Waals surface area contributed by atoms with Gasteiger partial charge in [-0.2, -0.15) is 0 Å². The molecule has 1 saturated carbocycles. The van der Waals surface area contributed by atoms with E-state index in [1.54, 1.807) is 24.3 Å². The van der Waals surface area contributed by atoms with Gasteiger partial charge in [-0.15, -0.1) is 0 Å². The molecule has 1 heterocycles. The minimum atomic E-state index is -0.419. The molecule has 5 nitrogen and oxygen atoms in total. The molecule has 0 saturated heterocycles. The predicted octanol–water partition coefficient (Wildman–Crippen LogP) is 5.17. The first kappa shape index (κ1) is 20.5. The number of ketones is 1. The van der Waals surface area contributed by atoms with Crippen molar-refractivity contribution in [2.24, 2.45) is 5.92 Å². The van der Waals surface area contributed by atoms with E-state index in [9.17, 15) is 9.59 Å². The average molecular weight is 427 g/mol. The third kappa shape index (κ3) is 4.36. The van der Waals surface area contributed by atoms with Crippen molar-refractivity contribution in [3.63, 3.8) is 0 Å². The van der Waals surface area contributed by atoms with Crippen LogP contribution in [0, 0.1) is 19.8 Å². The number of fused-ring (bicyclic) bond motifs is 1. The van der Waals surface area contributed by atoms with E-state index in [-0.39, 0.29) is 29.7 Å². The summed E-state index contributed by atoms with van der Waals surface area (Å²) < 4.78 is 17.3. The lowest BCUT2D eigenvalue weighted by Crippen LogP contribution is -2.43. The highest BCUT2D eigenvalue weighted by atomic mass is 35.5. The molecule has 0 radical (unpaired) electrons. The fourth-order valence-corrected chi connectivity index (χ4v) is 4.08. The highest BCUT2D eigenvalue weighted by Gasteiger charge is 2.42. The number of allylic oxidation sites excluding steroid dienone is 1. The number of ether oxygens (including phenoxy) is 3. The van der Waals surface area contributed by atoms with E-state index in [4.69, 9.17) is 25.8 Å². The van der Waals surface area contributed by atoms with Crippen LogP contribution in [-0.2, 0) is 14.3 Å². The second kappa shape index (κ2) is 8.52. The molecule has 1 aliphatic heterocycles. The minimum Gasteiger partial charge on any atom is -0.493 e. The number of rotatable bonds is 4. The molecule has 0 aromatic heterocycles. The largest absolute Gasteiger partial charge is 0.493 e. The smallest absolute Gasteiger partial charge is 0.338 e. The molecule has 0 N–H and O–H groups in total. The third-order valence-electron chi connectivity index (χ3n) is 5.57. The zero-order chi connectivity index (χ0) is 21.3. The van der Waals surface area contributed by atoms with Crippen LogP contribution in [0.25, 0.3) is 0 Å². The van der Waals surface area contributed by atoms with Crippen molar-refractivity contribution in [3.05, 3.63) is 76.2 Å². The predicted molar refractivity (Wildman–Crippen MR) is 113 cm³/mol. The third-order valence-corrected chi connectivity index (χ3v) is 5.81. The van der Waals surface area contributed by atoms with Gasteiger partial charge >= 0.3 is 5.97 Å².